The van der Waals surface area contributed by atoms with Gasteiger partial charge in [-0.25, -0.2) is 0 Å². The van der Waals surface area contributed by atoms with E-state index in [1.165, 1.54) is 0 Å². The predicted molar refractivity (Wildman–Crippen MR) is 51.2 cm³/mol. The van der Waals surface area contributed by atoms with E-state index < -0.39 is 10.1 Å². The van der Waals surface area contributed by atoms with Crippen LogP contribution in [0.15, 0.2) is 12.2 Å². The lowest BCUT2D eigenvalue weighted by Crippen LogP contribution is -2.33. The molecular weight excluding hydrogens is 190 g/mol. The first-order valence-corrected chi connectivity index (χ1v) is 6.02. The first-order valence-electron chi connectivity index (χ1n) is 4.41. The number of rotatable bonds is 4. The molecule has 0 aliphatic heterocycles. The average Bonchev–Trinajstić information content (AvgIpc) is 2.04. The van der Waals surface area contributed by atoms with Gasteiger partial charge in [-0.3, -0.25) is 4.55 Å². The molecule has 0 saturated heterocycles. The largest absolute Gasteiger partial charge is 0.313 e. The van der Waals surface area contributed by atoms with E-state index >= 15 is 0 Å². The maximum Gasteiger partial charge on any atom is 0.266 e. The van der Waals surface area contributed by atoms with Crippen molar-refractivity contribution in [2.45, 2.75) is 25.3 Å². The third kappa shape index (κ3) is 5.02. The SMILES string of the molecule is O=S(=O)(O)CCN[C@@H]1CC=CCC1. The van der Waals surface area contributed by atoms with E-state index in [9.17, 15) is 8.42 Å². The van der Waals surface area contributed by atoms with Crippen molar-refractivity contribution in [2.24, 2.45) is 0 Å². The number of allylic oxidation sites excluding steroid dienone is 1. The van der Waals surface area contributed by atoms with Gasteiger partial charge >= 0.3 is 0 Å². The van der Waals surface area contributed by atoms with Crippen molar-refractivity contribution in [3.63, 3.8) is 0 Å². The van der Waals surface area contributed by atoms with Gasteiger partial charge in [0.25, 0.3) is 10.1 Å². The first-order chi connectivity index (χ1) is 6.08. The molecule has 5 heteroatoms. The fourth-order valence-electron chi connectivity index (χ4n) is 1.37. The highest BCUT2D eigenvalue weighted by Crippen LogP contribution is 2.09. The second-order valence-electron chi connectivity index (χ2n) is 3.22. The van der Waals surface area contributed by atoms with Crippen molar-refractivity contribution < 1.29 is 13.0 Å². The van der Waals surface area contributed by atoms with E-state index in [0.29, 0.717) is 12.6 Å². The van der Waals surface area contributed by atoms with Crippen molar-refractivity contribution in [1.82, 2.24) is 5.32 Å². The predicted octanol–water partition coefficient (Wildman–Crippen LogP) is 0.573. The molecule has 1 aliphatic rings. The highest BCUT2D eigenvalue weighted by atomic mass is 32.2. The minimum Gasteiger partial charge on any atom is -0.313 e. The van der Waals surface area contributed by atoms with Gasteiger partial charge < -0.3 is 5.32 Å². The third-order valence-corrected chi connectivity index (χ3v) is 2.78. The van der Waals surface area contributed by atoms with Crippen LogP contribution >= 0.6 is 0 Å². The molecule has 0 aromatic rings. The molecule has 0 fully saturated rings. The minimum atomic E-state index is -3.81. The molecule has 0 spiro atoms. The van der Waals surface area contributed by atoms with Crippen LogP contribution in [0.1, 0.15) is 19.3 Å². The first kappa shape index (κ1) is 10.7. The Bertz CT molecular complexity index is 271. The zero-order valence-electron chi connectivity index (χ0n) is 7.44. The van der Waals surface area contributed by atoms with E-state index in [-0.39, 0.29) is 5.75 Å². The van der Waals surface area contributed by atoms with Gasteiger partial charge in [-0.1, -0.05) is 12.2 Å². The van der Waals surface area contributed by atoms with Gasteiger partial charge in [-0.15, -0.1) is 0 Å². The summed E-state index contributed by atoms with van der Waals surface area (Å²) in [5.74, 6) is -0.201. The molecular formula is C8H15NO3S. The highest BCUT2D eigenvalue weighted by molar-refractivity contribution is 7.85. The maximum atomic E-state index is 10.4. The molecule has 0 unspecified atom stereocenters. The summed E-state index contributed by atoms with van der Waals surface area (Å²) in [5, 5.41) is 3.09. The molecule has 0 saturated carbocycles. The molecule has 1 aliphatic carbocycles. The molecule has 1 atom stereocenters. The van der Waals surface area contributed by atoms with E-state index in [2.05, 4.69) is 17.5 Å². The molecule has 0 aromatic carbocycles. The summed E-state index contributed by atoms with van der Waals surface area (Å²) in [6.07, 6.45) is 7.26. The lowest BCUT2D eigenvalue weighted by atomic mass is 10.0. The van der Waals surface area contributed by atoms with Crippen LogP contribution in [0.2, 0.25) is 0 Å². The fourth-order valence-corrected chi connectivity index (χ4v) is 1.75. The van der Waals surface area contributed by atoms with Crippen LogP contribution in [0.4, 0.5) is 0 Å². The quantitative estimate of drug-likeness (QED) is 0.520. The van der Waals surface area contributed by atoms with Gasteiger partial charge in [0.15, 0.2) is 0 Å². The molecule has 0 bridgehead atoms. The highest BCUT2D eigenvalue weighted by Gasteiger charge is 2.10. The van der Waals surface area contributed by atoms with E-state index in [1.54, 1.807) is 0 Å². The van der Waals surface area contributed by atoms with Crippen LogP contribution in [0.5, 0.6) is 0 Å². The lowest BCUT2D eigenvalue weighted by Gasteiger charge is -2.18. The number of hydrogen-bond acceptors (Lipinski definition) is 3. The lowest BCUT2D eigenvalue weighted by molar-refractivity contribution is 0.463. The van der Waals surface area contributed by atoms with Crippen molar-refractivity contribution in [2.75, 3.05) is 12.3 Å². The van der Waals surface area contributed by atoms with Gasteiger partial charge in [0.2, 0.25) is 0 Å². The van der Waals surface area contributed by atoms with E-state index in [1.807, 2.05) is 0 Å². The average molecular weight is 205 g/mol. The van der Waals surface area contributed by atoms with Gasteiger partial charge in [0.05, 0.1) is 5.75 Å². The summed E-state index contributed by atoms with van der Waals surface area (Å²) in [4.78, 5) is 0. The van der Waals surface area contributed by atoms with Crippen LogP contribution in [-0.4, -0.2) is 31.3 Å². The van der Waals surface area contributed by atoms with E-state index in [0.717, 1.165) is 19.3 Å². The van der Waals surface area contributed by atoms with Crippen molar-refractivity contribution >= 4 is 10.1 Å². The summed E-state index contributed by atoms with van der Waals surface area (Å²) in [7, 11) is -3.81. The van der Waals surface area contributed by atoms with Crippen LogP contribution in [0.3, 0.4) is 0 Å². The Morgan fingerprint density at radius 3 is 2.77 bits per heavy atom. The van der Waals surface area contributed by atoms with Gasteiger partial charge in [-0.05, 0) is 19.3 Å². The van der Waals surface area contributed by atoms with Gasteiger partial charge in [0.1, 0.15) is 0 Å². The molecule has 4 nitrogen and oxygen atoms in total. The standard InChI is InChI=1S/C8H15NO3S/c10-13(11,12)7-6-9-8-4-2-1-3-5-8/h1-2,8-9H,3-7H2,(H,10,11,12)/t8-/m1/s1. The van der Waals surface area contributed by atoms with Crippen molar-refractivity contribution in [3.05, 3.63) is 12.2 Å². The Labute approximate surface area is 78.8 Å². The van der Waals surface area contributed by atoms with E-state index in [4.69, 9.17) is 4.55 Å². The van der Waals surface area contributed by atoms with Crippen LogP contribution in [0, 0.1) is 0 Å². The molecule has 0 heterocycles. The monoisotopic (exact) mass is 205 g/mol. The van der Waals surface area contributed by atoms with Gasteiger partial charge in [0, 0.05) is 12.6 Å². The molecule has 0 aromatic heterocycles. The third-order valence-electron chi connectivity index (χ3n) is 2.06. The number of hydrogen-bond donors (Lipinski definition) is 2. The fraction of sp³-hybridized carbons (Fsp3) is 0.750. The summed E-state index contributed by atoms with van der Waals surface area (Å²) in [5.41, 5.74) is 0. The molecule has 13 heavy (non-hydrogen) atoms. The van der Waals surface area contributed by atoms with Crippen LogP contribution < -0.4 is 5.32 Å². The Hall–Kier alpha value is -0.390. The summed E-state index contributed by atoms with van der Waals surface area (Å²) < 4.78 is 29.2. The number of nitrogens with one attached hydrogen (secondary N) is 1. The molecule has 76 valence electrons. The topological polar surface area (TPSA) is 66.4 Å². The zero-order valence-corrected chi connectivity index (χ0v) is 8.26. The maximum absolute atomic E-state index is 10.4. The van der Waals surface area contributed by atoms with Crippen molar-refractivity contribution in [3.8, 4) is 0 Å². The molecule has 0 amide bonds. The summed E-state index contributed by atoms with van der Waals surface area (Å²) in [6, 6.07) is 0.367. The molecule has 0 radical (unpaired) electrons. The molecule has 2 N–H and O–H groups in total. The second-order valence-corrected chi connectivity index (χ2v) is 4.79. The van der Waals surface area contributed by atoms with Crippen LogP contribution in [0.25, 0.3) is 0 Å². The Morgan fingerprint density at radius 2 is 2.23 bits per heavy atom. The smallest absolute Gasteiger partial charge is 0.266 e. The van der Waals surface area contributed by atoms with Crippen molar-refractivity contribution in [1.29, 1.82) is 0 Å². The van der Waals surface area contributed by atoms with Crippen LogP contribution in [-0.2, 0) is 10.1 Å². The normalized spacial score (nSPS) is 23.3. The Balaban J connectivity index is 2.16. The molecule has 1 rings (SSSR count). The Kier molecular flexibility index (Phi) is 3.90. The summed E-state index contributed by atoms with van der Waals surface area (Å²) >= 11 is 0. The zero-order chi connectivity index (χ0) is 9.73. The Morgan fingerprint density at radius 1 is 1.46 bits per heavy atom. The van der Waals surface area contributed by atoms with Gasteiger partial charge in [-0.2, -0.15) is 8.42 Å². The minimum absolute atomic E-state index is 0.201. The second kappa shape index (κ2) is 4.74. The summed E-state index contributed by atoms with van der Waals surface area (Å²) in [6.45, 7) is 0.331.